The van der Waals surface area contributed by atoms with Gasteiger partial charge in [0.2, 0.25) is 0 Å². The van der Waals surface area contributed by atoms with E-state index < -0.39 is 0 Å². The lowest BCUT2D eigenvalue weighted by molar-refractivity contribution is 0.587. The van der Waals surface area contributed by atoms with Gasteiger partial charge in [-0.05, 0) is 44.0 Å². The molecule has 0 aliphatic carbocycles. The van der Waals surface area contributed by atoms with Crippen LogP contribution in [-0.2, 0) is 6.54 Å². The Balaban J connectivity index is 2.28. The monoisotopic (exact) mass is 257 g/mol. The molecule has 0 saturated heterocycles. The van der Waals surface area contributed by atoms with Crippen LogP contribution < -0.4 is 5.32 Å². The van der Waals surface area contributed by atoms with Crippen molar-refractivity contribution in [2.24, 2.45) is 0 Å². The van der Waals surface area contributed by atoms with Gasteiger partial charge in [0, 0.05) is 23.8 Å². The number of hydrogen-bond donors (Lipinski definition) is 1. The van der Waals surface area contributed by atoms with Gasteiger partial charge >= 0.3 is 0 Å². The van der Waals surface area contributed by atoms with Gasteiger partial charge in [0.25, 0.3) is 0 Å². The molecule has 0 amide bonds. The predicted octanol–water partition coefficient (Wildman–Crippen LogP) is 3.30. The number of aryl methyl sites for hydroxylation is 2. The van der Waals surface area contributed by atoms with Crippen molar-refractivity contribution in [1.29, 1.82) is 0 Å². The molecular weight excluding hydrogens is 234 g/mol. The number of benzene rings is 1. The highest BCUT2D eigenvalue weighted by molar-refractivity contribution is 5.41. The fraction of sp³-hybridized carbons (Fsp3) is 0.438. The van der Waals surface area contributed by atoms with Crippen molar-refractivity contribution in [1.82, 2.24) is 15.1 Å². The van der Waals surface area contributed by atoms with Crippen molar-refractivity contribution in [3.05, 3.63) is 46.8 Å². The van der Waals surface area contributed by atoms with E-state index in [-0.39, 0.29) is 0 Å². The first-order valence-electron chi connectivity index (χ1n) is 6.83. The van der Waals surface area contributed by atoms with Crippen molar-refractivity contribution in [2.75, 3.05) is 0 Å². The third-order valence-electron chi connectivity index (χ3n) is 3.55. The van der Waals surface area contributed by atoms with E-state index in [1.807, 2.05) is 10.9 Å². The molecule has 1 N–H and O–H groups in total. The van der Waals surface area contributed by atoms with Crippen molar-refractivity contribution >= 4 is 0 Å². The normalized spacial score (nSPS) is 11.3. The Hall–Kier alpha value is -1.61. The molecule has 102 valence electrons. The van der Waals surface area contributed by atoms with Crippen molar-refractivity contribution in [2.45, 2.75) is 47.2 Å². The van der Waals surface area contributed by atoms with Gasteiger partial charge in [-0.15, -0.1) is 0 Å². The van der Waals surface area contributed by atoms with Gasteiger partial charge < -0.3 is 5.32 Å². The lowest BCUT2D eigenvalue weighted by atomic mass is 10.1. The second kappa shape index (κ2) is 5.57. The molecule has 0 aliphatic heterocycles. The summed E-state index contributed by atoms with van der Waals surface area (Å²) in [5.41, 5.74) is 6.21. The first-order valence-corrected chi connectivity index (χ1v) is 6.83. The molecule has 0 saturated carbocycles. The Kier molecular flexibility index (Phi) is 4.05. The SMILES string of the molecule is Cc1ccc(-n2ncc(CNC(C)C)c2C)cc1C. The summed E-state index contributed by atoms with van der Waals surface area (Å²) < 4.78 is 2.02. The average Bonchev–Trinajstić information content (AvgIpc) is 2.72. The molecule has 3 nitrogen and oxygen atoms in total. The minimum absolute atomic E-state index is 0.490. The van der Waals surface area contributed by atoms with Crippen LogP contribution >= 0.6 is 0 Å². The predicted molar refractivity (Wildman–Crippen MR) is 79.8 cm³/mol. The summed E-state index contributed by atoms with van der Waals surface area (Å²) in [6.45, 7) is 11.6. The zero-order chi connectivity index (χ0) is 14.0. The first kappa shape index (κ1) is 13.8. The summed E-state index contributed by atoms with van der Waals surface area (Å²) in [6.07, 6.45) is 1.96. The summed E-state index contributed by atoms with van der Waals surface area (Å²) >= 11 is 0. The highest BCUT2D eigenvalue weighted by Crippen LogP contribution is 2.17. The summed E-state index contributed by atoms with van der Waals surface area (Å²) in [5, 5.41) is 7.95. The quantitative estimate of drug-likeness (QED) is 0.911. The minimum Gasteiger partial charge on any atom is -0.310 e. The number of aromatic nitrogens is 2. The molecule has 0 aliphatic rings. The van der Waals surface area contributed by atoms with Gasteiger partial charge in [0.15, 0.2) is 0 Å². The van der Waals surface area contributed by atoms with Gasteiger partial charge in [-0.1, -0.05) is 19.9 Å². The Morgan fingerprint density at radius 2 is 1.89 bits per heavy atom. The highest BCUT2D eigenvalue weighted by Gasteiger charge is 2.08. The first-order chi connectivity index (χ1) is 8.99. The van der Waals surface area contributed by atoms with Crippen LogP contribution in [0.5, 0.6) is 0 Å². The van der Waals surface area contributed by atoms with Crippen LogP contribution in [0, 0.1) is 20.8 Å². The smallest absolute Gasteiger partial charge is 0.0651 e. The van der Waals surface area contributed by atoms with Crippen molar-refractivity contribution < 1.29 is 0 Å². The standard InChI is InChI=1S/C16H23N3/c1-11(2)17-9-15-10-18-19(14(15)5)16-7-6-12(3)13(4)8-16/h6-8,10-11,17H,9H2,1-5H3. The number of rotatable bonds is 4. The Bertz CT molecular complexity index is 567. The van der Waals surface area contributed by atoms with E-state index >= 15 is 0 Å². The van der Waals surface area contributed by atoms with Gasteiger partial charge in [0.1, 0.15) is 0 Å². The molecule has 2 rings (SSSR count). The van der Waals surface area contributed by atoms with E-state index in [4.69, 9.17) is 0 Å². The van der Waals surface area contributed by atoms with Gasteiger partial charge in [-0.2, -0.15) is 5.10 Å². The Morgan fingerprint density at radius 1 is 1.16 bits per heavy atom. The molecule has 3 heteroatoms. The molecule has 0 unspecified atom stereocenters. The van der Waals surface area contributed by atoms with Crippen LogP contribution in [0.4, 0.5) is 0 Å². The molecular formula is C16H23N3. The molecule has 0 atom stereocenters. The molecule has 1 aromatic heterocycles. The van der Waals surface area contributed by atoms with Gasteiger partial charge in [-0.3, -0.25) is 0 Å². The topological polar surface area (TPSA) is 29.9 Å². The van der Waals surface area contributed by atoms with Crippen LogP contribution in [0.2, 0.25) is 0 Å². The molecule has 1 aromatic carbocycles. The summed E-state index contributed by atoms with van der Waals surface area (Å²) in [5.74, 6) is 0. The van der Waals surface area contributed by atoms with Crippen LogP contribution in [0.1, 0.15) is 36.2 Å². The summed E-state index contributed by atoms with van der Waals surface area (Å²) in [4.78, 5) is 0. The number of nitrogens with one attached hydrogen (secondary N) is 1. The number of hydrogen-bond acceptors (Lipinski definition) is 2. The van der Waals surface area contributed by atoms with E-state index in [2.05, 4.69) is 63.2 Å². The molecule has 0 bridgehead atoms. The lowest BCUT2D eigenvalue weighted by Crippen LogP contribution is -2.22. The van der Waals surface area contributed by atoms with Crippen LogP contribution in [0.25, 0.3) is 5.69 Å². The highest BCUT2D eigenvalue weighted by atomic mass is 15.3. The molecule has 0 radical (unpaired) electrons. The third-order valence-corrected chi connectivity index (χ3v) is 3.55. The number of nitrogens with zero attached hydrogens (tertiary/aromatic N) is 2. The Labute approximate surface area is 115 Å². The molecule has 0 spiro atoms. The maximum absolute atomic E-state index is 4.51. The van der Waals surface area contributed by atoms with E-state index in [1.54, 1.807) is 0 Å². The largest absolute Gasteiger partial charge is 0.310 e. The zero-order valence-corrected chi connectivity index (χ0v) is 12.5. The fourth-order valence-electron chi connectivity index (χ4n) is 2.05. The summed E-state index contributed by atoms with van der Waals surface area (Å²) in [7, 11) is 0. The molecule has 2 aromatic rings. The molecule has 0 fully saturated rings. The third kappa shape index (κ3) is 3.04. The second-order valence-corrected chi connectivity index (χ2v) is 5.47. The van der Waals surface area contributed by atoms with Crippen LogP contribution in [0.3, 0.4) is 0 Å². The van der Waals surface area contributed by atoms with Crippen LogP contribution in [0.15, 0.2) is 24.4 Å². The van der Waals surface area contributed by atoms with E-state index in [1.165, 1.54) is 22.4 Å². The average molecular weight is 257 g/mol. The van der Waals surface area contributed by atoms with Gasteiger partial charge in [0.05, 0.1) is 11.9 Å². The Morgan fingerprint density at radius 3 is 2.53 bits per heavy atom. The second-order valence-electron chi connectivity index (χ2n) is 5.47. The van der Waals surface area contributed by atoms with E-state index in [0.29, 0.717) is 6.04 Å². The van der Waals surface area contributed by atoms with E-state index in [0.717, 1.165) is 12.2 Å². The maximum atomic E-state index is 4.51. The molecule has 1 heterocycles. The van der Waals surface area contributed by atoms with Crippen molar-refractivity contribution in [3.63, 3.8) is 0 Å². The van der Waals surface area contributed by atoms with Crippen molar-refractivity contribution in [3.8, 4) is 5.69 Å². The van der Waals surface area contributed by atoms with Gasteiger partial charge in [-0.25, -0.2) is 4.68 Å². The minimum atomic E-state index is 0.490. The van der Waals surface area contributed by atoms with Crippen LogP contribution in [-0.4, -0.2) is 15.8 Å². The molecule has 19 heavy (non-hydrogen) atoms. The summed E-state index contributed by atoms with van der Waals surface area (Å²) in [6, 6.07) is 6.96. The van der Waals surface area contributed by atoms with E-state index in [9.17, 15) is 0 Å². The fourth-order valence-corrected chi connectivity index (χ4v) is 2.05. The zero-order valence-electron chi connectivity index (χ0n) is 12.5. The maximum Gasteiger partial charge on any atom is 0.0651 e. The lowest BCUT2D eigenvalue weighted by Gasteiger charge is -2.09.